The lowest BCUT2D eigenvalue weighted by atomic mass is 10.0. The maximum Gasteiger partial charge on any atom is 0.252 e. The van der Waals surface area contributed by atoms with Crippen molar-refractivity contribution in [3.8, 4) is 11.5 Å². The second kappa shape index (κ2) is 33.7. The van der Waals surface area contributed by atoms with Crippen molar-refractivity contribution in [2.45, 2.75) is 97.7 Å². The number of piperidine rings is 2. The Balaban J connectivity index is 0.572. The zero-order chi connectivity index (χ0) is 59.0. The number of amides is 2. The van der Waals surface area contributed by atoms with Crippen molar-refractivity contribution in [2.75, 3.05) is 132 Å². The number of hydrogen-bond donors (Lipinski definition) is 6. The molecule has 0 aromatic heterocycles. The van der Waals surface area contributed by atoms with Crippen LogP contribution in [0.15, 0.2) is 107 Å². The van der Waals surface area contributed by atoms with Crippen LogP contribution in [0.1, 0.15) is 73.0 Å². The molecule has 2 amide bonds. The van der Waals surface area contributed by atoms with E-state index >= 15 is 0 Å². The van der Waals surface area contributed by atoms with Gasteiger partial charge in [-0.3, -0.25) is 19.4 Å². The summed E-state index contributed by atoms with van der Waals surface area (Å²) in [4.78, 5) is 30.0. The Kier molecular flexibility index (Phi) is 26.0. The standard InChI is InChI=1S/C60H84N6O16S2/c67-55(59(69)61-23-31-75-35-39-79-41-37-77-33-25-63-83(71,72)49-19-15-47(16-20-49)81-57-51-13-5-3-11-45(51)43-53(57)65-27-7-1-8-28-65)56(68)60(70)62-24-32-76-36-40-80-42-38-78-34-26-64-84(73,74)50-21-17-48(18-22-50)82-58-52-14-6-4-12-46(52)44-54(58)66-29-9-2-10-30-66/h3-6,11-22,53-58,63-64,67-68H,1-2,7-10,23-44H2,(H,61,69)(H,62,70)/t53?,54?,55-,56-,57?,58?/m0/s1. The summed E-state index contributed by atoms with van der Waals surface area (Å²) in [5.41, 5.74) is 4.97. The monoisotopic (exact) mass is 1210 g/mol. The minimum absolute atomic E-state index is 0.00259. The minimum atomic E-state index is -3.77. The van der Waals surface area contributed by atoms with Crippen molar-refractivity contribution in [3.05, 3.63) is 119 Å². The zero-order valence-corrected chi connectivity index (χ0v) is 49.5. The van der Waals surface area contributed by atoms with Crippen LogP contribution in [0.4, 0.5) is 0 Å². The van der Waals surface area contributed by atoms with Gasteiger partial charge in [-0.15, -0.1) is 0 Å². The van der Waals surface area contributed by atoms with E-state index in [4.69, 9.17) is 37.9 Å². The van der Waals surface area contributed by atoms with Crippen LogP contribution in [0.2, 0.25) is 0 Å². The van der Waals surface area contributed by atoms with Gasteiger partial charge in [0, 0.05) is 26.2 Å². The highest BCUT2D eigenvalue weighted by Crippen LogP contribution is 2.41. The van der Waals surface area contributed by atoms with Gasteiger partial charge in [0.15, 0.2) is 12.2 Å². The minimum Gasteiger partial charge on any atom is -0.484 e. The van der Waals surface area contributed by atoms with Gasteiger partial charge in [0.1, 0.15) is 23.7 Å². The summed E-state index contributed by atoms with van der Waals surface area (Å²) in [5, 5.41) is 25.2. The number of aliphatic hydroxyl groups is 2. The summed E-state index contributed by atoms with van der Waals surface area (Å²) in [5.74, 6) is -0.671. The molecular formula is C60H84N6O16S2. The molecule has 0 saturated carbocycles. The van der Waals surface area contributed by atoms with Gasteiger partial charge < -0.3 is 58.7 Å². The summed E-state index contributed by atoms with van der Waals surface area (Å²) < 4.78 is 103. The molecule has 0 spiro atoms. The van der Waals surface area contributed by atoms with Crippen LogP contribution in [-0.4, -0.2) is 205 Å². The molecule has 0 radical (unpaired) electrons. The van der Waals surface area contributed by atoms with E-state index in [1.165, 1.54) is 60.8 Å². The molecule has 84 heavy (non-hydrogen) atoms. The number of sulfonamides is 2. The quantitative estimate of drug-likeness (QED) is 0.0354. The smallest absolute Gasteiger partial charge is 0.252 e. The van der Waals surface area contributed by atoms with Crippen molar-refractivity contribution in [1.29, 1.82) is 0 Å². The van der Waals surface area contributed by atoms with Crippen LogP contribution < -0.4 is 29.6 Å². The van der Waals surface area contributed by atoms with E-state index in [0.717, 1.165) is 39.0 Å². The number of likely N-dealkylation sites (tertiary alicyclic amines) is 2. The van der Waals surface area contributed by atoms with Gasteiger partial charge in [-0.2, -0.15) is 0 Å². The lowest BCUT2D eigenvalue weighted by Crippen LogP contribution is -2.50. The predicted octanol–water partition coefficient (Wildman–Crippen LogP) is 3.06. The molecule has 6 atom stereocenters. The van der Waals surface area contributed by atoms with E-state index < -0.39 is 44.1 Å². The normalized spacial score (nSPS) is 20.0. The van der Waals surface area contributed by atoms with E-state index in [2.05, 4.69) is 66.3 Å². The van der Waals surface area contributed by atoms with E-state index in [-0.39, 0.29) is 140 Å². The lowest BCUT2D eigenvalue weighted by Gasteiger charge is -2.35. The van der Waals surface area contributed by atoms with E-state index in [9.17, 15) is 36.6 Å². The van der Waals surface area contributed by atoms with Crippen LogP contribution in [-0.2, 0) is 70.9 Å². The summed E-state index contributed by atoms with van der Waals surface area (Å²) in [6.45, 7) is 6.58. The van der Waals surface area contributed by atoms with E-state index in [0.29, 0.717) is 11.5 Å². The van der Waals surface area contributed by atoms with Gasteiger partial charge >= 0.3 is 0 Å². The molecule has 4 unspecified atom stereocenters. The molecular weight excluding hydrogens is 1120 g/mol. The van der Waals surface area contributed by atoms with Crippen LogP contribution in [0, 0.1) is 0 Å². The Morgan fingerprint density at radius 3 is 1.12 bits per heavy atom. The molecule has 4 aromatic rings. The van der Waals surface area contributed by atoms with Crippen LogP contribution in [0.25, 0.3) is 0 Å². The SMILES string of the molecule is O=C(NCCOCCOCCOCCNS(=O)(=O)c1ccc(OC2c3ccccc3CC2N2CCCCC2)cc1)[C@@H](O)[C@H](O)C(=O)NCCOCCOCCOCCNS(=O)(=O)c1ccc(OC2c3ccccc3CC2N2CCCCC2)cc1. The number of nitrogens with one attached hydrogen (secondary N) is 4. The van der Waals surface area contributed by atoms with Crippen LogP contribution in [0.5, 0.6) is 11.5 Å². The first-order chi connectivity index (χ1) is 40.9. The van der Waals surface area contributed by atoms with Gasteiger partial charge in [-0.25, -0.2) is 26.3 Å². The highest BCUT2D eigenvalue weighted by Gasteiger charge is 2.40. The third-order valence-corrected chi connectivity index (χ3v) is 18.2. The zero-order valence-electron chi connectivity index (χ0n) is 47.8. The molecule has 8 rings (SSSR count). The largest absolute Gasteiger partial charge is 0.484 e. The third-order valence-electron chi connectivity index (χ3n) is 15.3. The molecule has 2 heterocycles. The van der Waals surface area contributed by atoms with Gasteiger partial charge in [-0.05, 0) is 135 Å². The molecule has 4 aliphatic rings. The van der Waals surface area contributed by atoms with Gasteiger partial charge in [0.25, 0.3) is 11.8 Å². The molecule has 4 aromatic carbocycles. The highest BCUT2D eigenvalue weighted by molar-refractivity contribution is 7.89. The average molecular weight is 1210 g/mol. The van der Waals surface area contributed by atoms with E-state index in [1.807, 2.05) is 12.1 Å². The van der Waals surface area contributed by atoms with Crippen LogP contribution in [0.3, 0.4) is 0 Å². The lowest BCUT2D eigenvalue weighted by molar-refractivity contribution is -0.146. The van der Waals surface area contributed by atoms with Gasteiger partial charge in [0.2, 0.25) is 20.0 Å². The maximum atomic E-state index is 13.0. The summed E-state index contributed by atoms with van der Waals surface area (Å²) in [7, 11) is -7.54. The number of aliphatic hydroxyl groups excluding tert-OH is 2. The van der Waals surface area contributed by atoms with Crippen molar-refractivity contribution < 1.29 is 74.5 Å². The number of carbonyl (C=O) groups excluding carboxylic acids is 2. The summed E-state index contributed by atoms with van der Waals surface area (Å²) in [6.07, 6.45) is 4.85. The summed E-state index contributed by atoms with van der Waals surface area (Å²) >= 11 is 0. The third kappa shape index (κ3) is 19.4. The molecule has 2 fully saturated rings. The second-order valence-electron chi connectivity index (χ2n) is 21.1. The number of fused-ring (bicyclic) bond motifs is 2. The Morgan fingerprint density at radius 2 is 0.762 bits per heavy atom. The molecule has 462 valence electrons. The van der Waals surface area contributed by atoms with Crippen molar-refractivity contribution in [2.24, 2.45) is 0 Å². The number of carbonyl (C=O) groups is 2. The van der Waals surface area contributed by atoms with Crippen LogP contribution >= 0.6 is 0 Å². The van der Waals surface area contributed by atoms with E-state index in [1.54, 1.807) is 48.5 Å². The number of rotatable bonds is 37. The highest BCUT2D eigenvalue weighted by atomic mass is 32.2. The molecule has 0 bridgehead atoms. The second-order valence-corrected chi connectivity index (χ2v) is 24.6. The first-order valence-corrected chi connectivity index (χ1v) is 32.4. The van der Waals surface area contributed by atoms with Crippen molar-refractivity contribution in [1.82, 2.24) is 29.9 Å². The molecule has 6 N–H and O–H groups in total. The fourth-order valence-corrected chi connectivity index (χ4v) is 12.9. The Bertz CT molecular complexity index is 2670. The molecule has 22 nitrogen and oxygen atoms in total. The number of nitrogens with zero attached hydrogens (tertiary/aromatic N) is 2. The Hall–Kier alpha value is -5.16. The predicted molar refractivity (Wildman–Crippen MR) is 312 cm³/mol. The maximum absolute atomic E-state index is 13.0. The number of hydrogen-bond acceptors (Lipinski definition) is 18. The summed E-state index contributed by atoms with van der Waals surface area (Å²) in [6, 6.07) is 30.3. The van der Waals surface area contributed by atoms with Gasteiger partial charge in [0.05, 0.1) is 101 Å². The Labute approximate surface area is 494 Å². The average Bonchev–Trinajstić information content (AvgIpc) is 3.22. The molecule has 2 aliphatic carbocycles. The van der Waals surface area contributed by atoms with Gasteiger partial charge in [-0.1, -0.05) is 61.4 Å². The fraction of sp³-hybridized carbons (Fsp3) is 0.567. The first-order valence-electron chi connectivity index (χ1n) is 29.4. The molecule has 2 saturated heterocycles. The van der Waals surface area contributed by atoms with Crippen molar-refractivity contribution in [3.63, 3.8) is 0 Å². The Morgan fingerprint density at radius 1 is 0.440 bits per heavy atom. The molecule has 24 heteroatoms. The first kappa shape index (κ1) is 64.8. The molecule has 2 aliphatic heterocycles. The fourth-order valence-electron chi connectivity index (χ4n) is 10.9. The number of ether oxygens (including phenoxy) is 8. The van der Waals surface area contributed by atoms with Crippen molar-refractivity contribution >= 4 is 31.9 Å². The number of benzene rings is 4. The topological polar surface area (TPSA) is 271 Å².